The van der Waals surface area contributed by atoms with Crippen LogP contribution < -0.4 is 5.32 Å². The Labute approximate surface area is 107 Å². The van der Waals surface area contributed by atoms with E-state index in [0.717, 1.165) is 12.8 Å². The van der Waals surface area contributed by atoms with Crippen LogP contribution in [0.3, 0.4) is 0 Å². The van der Waals surface area contributed by atoms with Crippen LogP contribution in [-0.4, -0.2) is 16.7 Å². The first kappa shape index (κ1) is 12.5. The summed E-state index contributed by atoms with van der Waals surface area (Å²) in [5, 5.41) is 11.3. The second-order valence-corrected chi connectivity index (χ2v) is 4.84. The third kappa shape index (κ3) is 2.65. The van der Waals surface area contributed by atoms with Crippen LogP contribution in [0.15, 0.2) is 30.3 Å². The normalized spacial score (nSPS) is 27.2. The fourth-order valence-electron chi connectivity index (χ4n) is 2.68. The summed E-state index contributed by atoms with van der Waals surface area (Å²) in [5.41, 5.74) is 0.648. The Morgan fingerprint density at radius 3 is 2.44 bits per heavy atom. The first-order valence-corrected chi connectivity index (χ1v) is 6.19. The highest BCUT2D eigenvalue weighted by molar-refractivity contribution is 5.66. The van der Waals surface area contributed by atoms with Crippen LogP contribution in [0.5, 0.6) is 0 Å². The van der Waals surface area contributed by atoms with E-state index in [9.17, 15) is 4.79 Å². The van der Waals surface area contributed by atoms with E-state index in [1.54, 1.807) is 0 Å². The molecule has 3 heteroatoms. The number of nitrogens with one attached hydrogen (secondary N) is 1. The van der Waals surface area contributed by atoms with Gasteiger partial charge in [0, 0.05) is 0 Å². The summed E-state index contributed by atoms with van der Waals surface area (Å²) >= 11 is 0. The van der Waals surface area contributed by atoms with E-state index < -0.39 is 11.6 Å². The second-order valence-electron chi connectivity index (χ2n) is 4.84. The van der Waals surface area contributed by atoms with E-state index in [1.807, 2.05) is 18.2 Å². The number of carboxylic acid groups (broad SMARTS) is 1. The number of amides is 1. The molecule has 0 radical (unpaired) electrons. The molecule has 0 bridgehead atoms. The maximum Gasteiger partial charge on any atom is 0.405 e. The molecular weight excluding hydrogens is 226 g/mol. The van der Waals surface area contributed by atoms with Crippen molar-refractivity contribution in [1.29, 1.82) is 0 Å². The topological polar surface area (TPSA) is 49.3 Å². The van der Waals surface area contributed by atoms with Gasteiger partial charge in [-0.2, -0.15) is 0 Å². The SMILES string of the molecule is C#CC1(NC(=O)O)CCC(c2ccccc2)CC1. The fraction of sp³-hybridized carbons (Fsp3) is 0.400. The Hall–Kier alpha value is -1.95. The summed E-state index contributed by atoms with van der Waals surface area (Å²) in [7, 11) is 0. The number of hydrogen-bond donors (Lipinski definition) is 2. The minimum atomic E-state index is -1.04. The molecule has 0 aromatic heterocycles. The third-order valence-electron chi connectivity index (χ3n) is 3.73. The van der Waals surface area contributed by atoms with E-state index in [4.69, 9.17) is 11.5 Å². The van der Waals surface area contributed by atoms with Crippen molar-refractivity contribution in [3.63, 3.8) is 0 Å². The lowest BCUT2D eigenvalue weighted by Gasteiger charge is -2.36. The lowest BCUT2D eigenvalue weighted by Crippen LogP contribution is -2.48. The molecule has 1 aromatic rings. The van der Waals surface area contributed by atoms with Crippen LogP contribution in [-0.2, 0) is 0 Å². The molecule has 1 aliphatic rings. The summed E-state index contributed by atoms with van der Waals surface area (Å²) in [6.45, 7) is 0. The molecule has 0 aliphatic heterocycles. The molecule has 1 fully saturated rings. The van der Waals surface area contributed by atoms with E-state index in [2.05, 4.69) is 23.4 Å². The average Bonchev–Trinajstić information content (AvgIpc) is 2.40. The first-order chi connectivity index (χ1) is 8.65. The fourth-order valence-corrected chi connectivity index (χ4v) is 2.68. The van der Waals surface area contributed by atoms with Gasteiger partial charge in [0.2, 0.25) is 0 Å². The van der Waals surface area contributed by atoms with Gasteiger partial charge in [-0.3, -0.25) is 0 Å². The van der Waals surface area contributed by atoms with Crippen LogP contribution in [0.1, 0.15) is 37.2 Å². The van der Waals surface area contributed by atoms with Gasteiger partial charge < -0.3 is 10.4 Å². The van der Waals surface area contributed by atoms with Gasteiger partial charge in [-0.05, 0) is 37.2 Å². The minimum absolute atomic E-state index is 0.489. The van der Waals surface area contributed by atoms with Gasteiger partial charge >= 0.3 is 6.09 Å². The molecule has 3 nitrogen and oxygen atoms in total. The largest absolute Gasteiger partial charge is 0.465 e. The zero-order chi connectivity index (χ0) is 13.0. The Kier molecular flexibility index (Phi) is 3.57. The van der Waals surface area contributed by atoms with E-state index in [0.29, 0.717) is 18.8 Å². The molecule has 2 rings (SSSR count). The number of rotatable bonds is 2. The Morgan fingerprint density at radius 1 is 1.33 bits per heavy atom. The standard InChI is InChI=1S/C15H17NO2/c1-2-15(16-14(17)18)10-8-13(9-11-15)12-6-4-3-5-7-12/h1,3-7,13,16H,8-11H2,(H,17,18). The number of terminal acetylenes is 1. The maximum absolute atomic E-state index is 10.8. The van der Waals surface area contributed by atoms with Gasteiger partial charge in [0.1, 0.15) is 5.54 Å². The summed E-state index contributed by atoms with van der Waals surface area (Å²) in [5.74, 6) is 3.12. The molecular formula is C15H17NO2. The van der Waals surface area contributed by atoms with Crippen LogP contribution in [0, 0.1) is 12.3 Å². The molecule has 1 aromatic carbocycles. The van der Waals surface area contributed by atoms with Gasteiger partial charge in [-0.1, -0.05) is 36.3 Å². The van der Waals surface area contributed by atoms with Crippen molar-refractivity contribution in [1.82, 2.24) is 5.32 Å². The van der Waals surface area contributed by atoms with Gasteiger partial charge in [-0.15, -0.1) is 6.42 Å². The summed E-state index contributed by atoms with van der Waals surface area (Å²) in [6.07, 6.45) is 7.72. The molecule has 0 heterocycles. The Bertz CT molecular complexity index is 453. The molecule has 0 unspecified atom stereocenters. The minimum Gasteiger partial charge on any atom is -0.465 e. The monoisotopic (exact) mass is 243 g/mol. The lowest BCUT2D eigenvalue weighted by atomic mass is 9.74. The van der Waals surface area contributed by atoms with Crippen molar-refractivity contribution in [2.75, 3.05) is 0 Å². The highest BCUT2D eigenvalue weighted by Gasteiger charge is 2.35. The molecule has 0 spiro atoms. The summed E-state index contributed by atoms with van der Waals surface area (Å²) in [6, 6.07) is 10.3. The highest BCUT2D eigenvalue weighted by Crippen LogP contribution is 2.37. The van der Waals surface area contributed by atoms with E-state index in [-0.39, 0.29) is 0 Å². The van der Waals surface area contributed by atoms with Crippen LogP contribution in [0.25, 0.3) is 0 Å². The van der Waals surface area contributed by atoms with Crippen molar-refractivity contribution in [3.8, 4) is 12.3 Å². The Morgan fingerprint density at radius 2 is 1.94 bits per heavy atom. The maximum atomic E-state index is 10.8. The van der Waals surface area contributed by atoms with Crippen molar-refractivity contribution < 1.29 is 9.90 Å². The van der Waals surface area contributed by atoms with Gasteiger partial charge in [-0.25, -0.2) is 4.79 Å². The van der Waals surface area contributed by atoms with E-state index in [1.165, 1.54) is 5.56 Å². The molecule has 1 amide bonds. The van der Waals surface area contributed by atoms with Crippen LogP contribution >= 0.6 is 0 Å². The number of benzene rings is 1. The van der Waals surface area contributed by atoms with Crippen molar-refractivity contribution in [2.45, 2.75) is 37.1 Å². The molecule has 2 N–H and O–H groups in total. The van der Waals surface area contributed by atoms with Crippen LogP contribution in [0.2, 0.25) is 0 Å². The van der Waals surface area contributed by atoms with Gasteiger partial charge in [0.15, 0.2) is 0 Å². The predicted octanol–water partition coefficient (Wildman–Crippen LogP) is 2.98. The molecule has 1 aliphatic carbocycles. The first-order valence-electron chi connectivity index (χ1n) is 6.19. The Balaban J connectivity index is 2.03. The molecule has 18 heavy (non-hydrogen) atoms. The lowest BCUT2D eigenvalue weighted by molar-refractivity contribution is 0.175. The zero-order valence-corrected chi connectivity index (χ0v) is 10.2. The second kappa shape index (κ2) is 5.14. The van der Waals surface area contributed by atoms with Crippen molar-refractivity contribution >= 4 is 6.09 Å². The molecule has 0 atom stereocenters. The van der Waals surface area contributed by atoms with E-state index >= 15 is 0 Å². The molecule has 1 saturated carbocycles. The summed E-state index contributed by atoms with van der Waals surface area (Å²) < 4.78 is 0. The van der Waals surface area contributed by atoms with Crippen molar-refractivity contribution in [2.24, 2.45) is 0 Å². The van der Waals surface area contributed by atoms with Gasteiger partial charge in [0.25, 0.3) is 0 Å². The molecule has 94 valence electrons. The number of carbonyl (C=O) groups is 1. The third-order valence-corrected chi connectivity index (χ3v) is 3.73. The smallest absolute Gasteiger partial charge is 0.405 e. The molecule has 0 saturated heterocycles. The van der Waals surface area contributed by atoms with Gasteiger partial charge in [0.05, 0.1) is 0 Å². The zero-order valence-electron chi connectivity index (χ0n) is 10.2. The predicted molar refractivity (Wildman–Crippen MR) is 70.4 cm³/mol. The average molecular weight is 243 g/mol. The number of hydrogen-bond acceptors (Lipinski definition) is 1. The summed E-state index contributed by atoms with van der Waals surface area (Å²) in [4.78, 5) is 10.8. The van der Waals surface area contributed by atoms with Crippen LogP contribution in [0.4, 0.5) is 4.79 Å². The highest BCUT2D eigenvalue weighted by atomic mass is 16.4. The quantitative estimate of drug-likeness (QED) is 0.784. The van der Waals surface area contributed by atoms with Crippen molar-refractivity contribution in [3.05, 3.63) is 35.9 Å².